The lowest BCUT2D eigenvalue weighted by Gasteiger charge is -2.38. The molecule has 0 radical (unpaired) electrons. The molecule has 1 saturated heterocycles. The Morgan fingerprint density at radius 3 is 2.26 bits per heavy atom. The summed E-state index contributed by atoms with van der Waals surface area (Å²) in [5.74, 6) is -9.54. The number of ketones is 3. The number of amides is 1. The largest absolute Gasteiger partial charge is 0.507 e. The zero-order chi connectivity index (χ0) is 45.1. The number of aromatic hydroxyl groups is 1. The summed E-state index contributed by atoms with van der Waals surface area (Å²) in [4.78, 5) is 71.7. The topological polar surface area (TPSA) is 234 Å². The number of phenolic OH excluding ortho intramolecular Hbond substituents is 1. The molecule has 1 aromatic rings. The molecule has 1 amide bonds. The average Bonchev–Trinajstić information content (AvgIpc) is 3.49. The molecule has 6 rings (SSSR count). The molecule has 61 heavy (non-hydrogen) atoms. The molecule has 17 nitrogen and oxygen atoms in total. The van der Waals surface area contributed by atoms with E-state index >= 15 is 0 Å². The number of fused-ring (bicyclic) bond motifs is 14. The van der Waals surface area contributed by atoms with Crippen LogP contribution in [0.1, 0.15) is 85.1 Å². The number of hydrogen-bond acceptors (Lipinski definition) is 16. The molecule has 0 spiro atoms. The van der Waals surface area contributed by atoms with Crippen molar-refractivity contribution in [2.24, 2.45) is 28.8 Å². The van der Waals surface area contributed by atoms with E-state index in [4.69, 9.17) is 18.9 Å². The number of aliphatic hydroxyl groups is 3. The fraction of sp³-hybridized carbons (Fsp3) is 0.545. The first-order chi connectivity index (χ1) is 28.8. The fourth-order valence-electron chi connectivity index (χ4n) is 8.20. The summed E-state index contributed by atoms with van der Waals surface area (Å²) < 4.78 is 23.5. The van der Waals surface area contributed by atoms with Crippen LogP contribution in [0.2, 0.25) is 0 Å². The van der Waals surface area contributed by atoms with Crippen LogP contribution in [0.4, 0.5) is 0 Å². The van der Waals surface area contributed by atoms with E-state index in [-0.39, 0.29) is 34.6 Å². The van der Waals surface area contributed by atoms with Gasteiger partial charge in [-0.05, 0) is 19.9 Å². The first-order valence-corrected chi connectivity index (χ1v) is 20.4. The minimum absolute atomic E-state index is 0.00700. The van der Waals surface area contributed by atoms with Crippen molar-refractivity contribution >= 4 is 35.4 Å². The van der Waals surface area contributed by atoms with Crippen LogP contribution in [0.15, 0.2) is 52.5 Å². The van der Waals surface area contributed by atoms with Crippen molar-refractivity contribution in [3.8, 4) is 11.5 Å². The molecule has 17 heteroatoms. The number of nitrogens with zero attached hydrogens (tertiary/aromatic N) is 3. The normalized spacial score (nSPS) is 32.6. The summed E-state index contributed by atoms with van der Waals surface area (Å²) in [6.07, 6.45) is 4.44. The van der Waals surface area contributed by atoms with Crippen molar-refractivity contribution in [3.05, 3.63) is 69.7 Å². The number of rotatable bonds is 6. The first kappa shape index (κ1) is 46.9. The maximum atomic E-state index is 14.7. The summed E-state index contributed by atoms with van der Waals surface area (Å²) in [6, 6.07) is 0. The molecular weight excluding hydrogens is 792 g/mol. The van der Waals surface area contributed by atoms with E-state index in [9.17, 15) is 44.4 Å². The van der Waals surface area contributed by atoms with Gasteiger partial charge >= 0.3 is 11.8 Å². The fourth-order valence-corrected chi connectivity index (χ4v) is 8.20. The lowest BCUT2D eigenvalue weighted by atomic mass is 9.78. The van der Waals surface area contributed by atoms with Gasteiger partial charge in [0, 0.05) is 88.5 Å². The van der Waals surface area contributed by atoms with E-state index in [2.05, 4.69) is 10.4 Å². The Labute approximate surface area is 355 Å². The summed E-state index contributed by atoms with van der Waals surface area (Å²) >= 11 is 0. The van der Waals surface area contributed by atoms with Gasteiger partial charge in [0.1, 0.15) is 23.3 Å². The van der Waals surface area contributed by atoms with E-state index in [1.54, 1.807) is 44.9 Å². The highest BCUT2D eigenvalue weighted by atomic mass is 16.7. The van der Waals surface area contributed by atoms with Crippen LogP contribution in [-0.4, -0.2) is 142 Å². The SMILES string of the molecule is CO[C@H]1/C=C/O[C@@]2(C)Oc3c(C)c(O)c4c(c3C2=O)C(=O)C(/C=N/N2CCN(CCO)CC2)=C(NC(=O)/C(C)=C\C=C\[C@H](C)[C@H](O)[C@@H](C)[C@@H](O)[C@@H](C)[C@H](OC(C)=O)[C@@H]1C)C4=O. The molecule has 5 aliphatic rings. The highest BCUT2D eigenvalue weighted by molar-refractivity contribution is 6.37. The van der Waals surface area contributed by atoms with Crippen LogP contribution in [-0.2, 0) is 23.8 Å². The monoisotopic (exact) mass is 850 g/mol. The molecule has 0 saturated carbocycles. The molecule has 4 heterocycles. The first-order valence-electron chi connectivity index (χ1n) is 20.4. The number of Topliss-reactive ketones (excluding diaryl/α,β-unsaturated/α-hetero) is 3. The predicted molar refractivity (Wildman–Crippen MR) is 222 cm³/mol. The number of carbonyl (C=O) groups excluding carboxylic acids is 5. The molecule has 0 aromatic heterocycles. The Morgan fingerprint density at radius 1 is 0.967 bits per heavy atom. The van der Waals surface area contributed by atoms with Crippen LogP contribution >= 0.6 is 0 Å². The summed E-state index contributed by atoms with van der Waals surface area (Å²) in [5.41, 5.74) is -1.97. The van der Waals surface area contributed by atoms with Gasteiger partial charge in [0.2, 0.25) is 5.78 Å². The van der Waals surface area contributed by atoms with Crippen molar-refractivity contribution in [1.82, 2.24) is 15.2 Å². The Kier molecular flexibility index (Phi) is 14.8. The second-order valence-electron chi connectivity index (χ2n) is 16.3. The van der Waals surface area contributed by atoms with Gasteiger partial charge in [0.05, 0.1) is 59.7 Å². The van der Waals surface area contributed by atoms with Crippen LogP contribution in [0, 0.1) is 30.6 Å². The Morgan fingerprint density at radius 2 is 1.64 bits per heavy atom. The number of phenols is 1. The molecule has 1 aliphatic carbocycles. The van der Waals surface area contributed by atoms with E-state index < -0.39 is 106 Å². The molecule has 4 aliphatic heterocycles. The third-order valence-electron chi connectivity index (χ3n) is 12.1. The molecule has 0 unspecified atom stereocenters. The van der Waals surface area contributed by atoms with E-state index in [1.807, 2.05) is 4.90 Å². The number of β-amino-alcohol motifs (C(OH)–C–C–N with tert-alkyl or cyclic N) is 1. The smallest absolute Gasteiger partial charge is 0.312 e. The second-order valence-corrected chi connectivity index (χ2v) is 16.3. The van der Waals surface area contributed by atoms with Crippen LogP contribution in [0.25, 0.3) is 0 Å². The number of piperazine rings is 1. The van der Waals surface area contributed by atoms with Crippen molar-refractivity contribution in [3.63, 3.8) is 0 Å². The number of esters is 1. The van der Waals surface area contributed by atoms with Gasteiger partial charge in [-0.1, -0.05) is 45.9 Å². The lowest BCUT2D eigenvalue weighted by molar-refractivity contribution is -0.160. The van der Waals surface area contributed by atoms with Gasteiger partial charge in [-0.15, -0.1) is 0 Å². The van der Waals surface area contributed by atoms with Crippen molar-refractivity contribution in [1.29, 1.82) is 0 Å². The third-order valence-corrected chi connectivity index (χ3v) is 12.1. The number of nitrogens with one attached hydrogen (secondary N) is 1. The summed E-state index contributed by atoms with van der Waals surface area (Å²) in [6.45, 7) is 14.8. The minimum Gasteiger partial charge on any atom is -0.507 e. The number of aliphatic hydroxyl groups excluding tert-OH is 3. The molecule has 5 N–H and O–H groups in total. The number of carbonyl (C=O) groups is 5. The lowest BCUT2D eigenvalue weighted by Crippen LogP contribution is -2.46. The average molecular weight is 851 g/mol. The maximum Gasteiger partial charge on any atom is 0.312 e. The number of hydrogen-bond donors (Lipinski definition) is 5. The number of hydrazone groups is 1. The molecule has 1 aromatic carbocycles. The molecule has 9 atom stereocenters. The van der Waals surface area contributed by atoms with Gasteiger partial charge in [0.25, 0.3) is 11.7 Å². The maximum absolute atomic E-state index is 14.7. The Hall–Kier alpha value is -5.20. The summed E-state index contributed by atoms with van der Waals surface area (Å²) in [7, 11) is 1.42. The highest BCUT2D eigenvalue weighted by Gasteiger charge is 2.52. The van der Waals surface area contributed by atoms with Gasteiger partial charge < -0.3 is 44.7 Å². The molecular formula is C44H58N4O13. The number of methoxy groups -OCH3 is 1. The van der Waals surface area contributed by atoms with Crippen molar-refractivity contribution < 1.29 is 63.3 Å². The van der Waals surface area contributed by atoms with Crippen LogP contribution in [0.3, 0.4) is 0 Å². The number of benzene rings is 1. The van der Waals surface area contributed by atoms with Gasteiger partial charge in [-0.2, -0.15) is 5.10 Å². The number of allylic oxidation sites excluding steroid dienone is 4. The summed E-state index contributed by atoms with van der Waals surface area (Å²) in [5, 5.41) is 52.5. The van der Waals surface area contributed by atoms with E-state index in [0.29, 0.717) is 32.7 Å². The second kappa shape index (κ2) is 19.2. The van der Waals surface area contributed by atoms with Crippen LogP contribution in [0.5, 0.6) is 11.5 Å². The van der Waals surface area contributed by atoms with E-state index in [1.165, 1.54) is 47.0 Å². The van der Waals surface area contributed by atoms with Gasteiger partial charge in [0.15, 0.2) is 5.78 Å². The zero-order valence-corrected chi connectivity index (χ0v) is 36.1. The molecule has 1 fully saturated rings. The van der Waals surface area contributed by atoms with Gasteiger partial charge in [-0.3, -0.25) is 33.9 Å². The third kappa shape index (κ3) is 9.50. The zero-order valence-electron chi connectivity index (χ0n) is 36.1. The Balaban J connectivity index is 1.64. The standard InChI is InChI=1S/C44H58N4O13/c1-22-11-10-12-23(2)43(57)46-34-29(21-45-48-16-14-47(15-17-48)18-19-49)38(54)31-32(39(34)55)37(53)27(6)41-33(31)42(56)44(8,61-41)59-20-13-30(58-9)24(3)40(60-28(7)50)26(5)36(52)25(4)35(22)51/h10-13,20-22,24-26,30,35-36,40,49,51-53H,14-19H2,1-9H3,(H,46,57)/b11-10+,20-13+,23-12-,45-21+/t22-,24+,25+,26+,30-,35-,36+,40+,44-/m0/s1. The van der Waals surface area contributed by atoms with E-state index in [0.717, 1.165) is 12.5 Å². The van der Waals surface area contributed by atoms with Crippen molar-refractivity contribution in [2.45, 2.75) is 85.6 Å². The predicted octanol–water partition coefficient (Wildman–Crippen LogP) is 2.60. The quantitative estimate of drug-likeness (QED) is 0.205. The molecule has 5 bridgehead atoms. The minimum atomic E-state index is -2.11. The molecule has 332 valence electrons. The van der Waals surface area contributed by atoms with Crippen molar-refractivity contribution in [2.75, 3.05) is 46.4 Å². The number of ether oxygens (including phenoxy) is 4. The highest BCUT2D eigenvalue weighted by Crippen LogP contribution is 2.48. The van der Waals surface area contributed by atoms with Crippen LogP contribution < -0.4 is 10.1 Å². The van der Waals surface area contributed by atoms with Gasteiger partial charge in [-0.25, -0.2) is 0 Å². The Bertz CT molecular complexity index is 2070.